The third kappa shape index (κ3) is 3.67. The number of amides is 1. The summed E-state index contributed by atoms with van der Waals surface area (Å²) >= 11 is 0. The molecule has 0 fully saturated rings. The highest BCUT2D eigenvalue weighted by atomic mass is 16.3. The van der Waals surface area contributed by atoms with E-state index in [2.05, 4.69) is 0 Å². The number of allylic oxidation sites excluding steroid dienone is 1. The predicted octanol–water partition coefficient (Wildman–Crippen LogP) is 5.18. The molecule has 1 aliphatic heterocycles. The van der Waals surface area contributed by atoms with Crippen LogP contribution in [0.25, 0.3) is 6.08 Å². The Balaban J connectivity index is 1.77. The zero-order valence-corrected chi connectivity index (χ0v) is 16.5. The first-order chi connectivity index (χ1) is 14.6. The van der Waals surface area contributed by atoms with Gasteiger partial charge >= 0.3 is 0 Å². The number of rotatable bonds is 5. The van der Waals surface area contributed by atoms with E-state index in [0.717, 1.165) is 16.7 Å². The molecule has 1 aliphatic rings. The Morgan fingerprint density at radius 2 is 1.50 bits per heavy atom. The molecule has 4 nitrogen and oxygen atoms in total. The molecule has 1 heterocycles. The number of hydrogen-bond donors (Lipinski definition) is 1. The summed E-state index contributed by atoms with van der Waals surface area (Å²) in [7, 11) is 0. The van der Waals surface area contributed by atoms with E-state index in [4.69, 9.17) is 0 Å². The largest absolute Gasteiger partial charge is 0.503 e. The first kappa shape index (κ1) is 19.4. The zero-order valence-electron chi connectivity index (χ0n) is 16.5. The van der Waals surface area contributed by atoms with E-state index in [0.29, 0.717) is 5.69 Å². The number of benzene rings is 3. The quantitative estimate of drug-likeness (QED) is 0.606. The fourth-order valence-corrected chi connectivity index (χ4v) is 3.61. The summed E-state index contributed by atoms with van der Waals surface area (Å²) in [5.74, 6) is -1.48. The third-order valence-electron chi connectivity index (χ3n) is 5.13. The minimum absolute atomic E-state index is 0.0824. The number of aliphatic hydroxyl groups is 1. The van der Waals surface area contributed by atoms with Gasteiger partial charge in [-0.1, -0.05) is 84.4 Å². The van der Waals surface area contributed by atoms with Gasteiger partial charge in [-0.3, -0.25) is 14.5 Å². The maximum Gasteiger partial charge on any atom is 0.294 e. The molecule has 3 aromatic carbocycles. The molecule has 0 saturated heterocycles. The summed E-state index contributed by atoms with van der Waals surface area (Å²) in [6.07, 6.45) is 3.09. The molecule has 0 aliphatic carbocycles. The molecular formula is C26H21NO3. The lowest BCUT2D eigenvalue weighted by Gasteiger charge is -2.26. The monoisotopic (exact) mass is 395 g/mol. The molecule has 0 bridgehead atoms. The summed E-state index contributed by atoms with van der Waals surface area (Å²) in [4.78, 5) is 27.6. The average molecular weight is 395 g/mol. The zero-order chi connectivity index (χ0) is 21.1. The summed E-state index contributed by atoms with van der Waals surface area (Å²) in [6.45, 7) is 1.96. The van der Waals surface area contributed by atoms with Crippen LogP contribution in [0.5, 0.6) is 0 Å². The van der Waals surface area contributed by atoms with Gasteiger partial charge in [0.1, 0.15) is 0 Å². The van der Waals surface area contributed by atoms with E-state index in [1.165, 1.54) is 11.0 Å². The molecule has 0 saturated carbocycles. The number of nitrogens with zero attached hydrogens (tertiary/aromatic N) is 1. The highest BCUT2D eigenvalue weighted by Gasteiger charge is 2.43. The maximum absolute atomic E-state index is 13.1. The van der Waals surface area contributed by atoms with Crippen molar-refractivity contribution < 1.29 is 14.7 Å². The lowest BCUT2D eigenvalue weighted by atomic mass is 9.95. The molecule has 0 aromatic heterocycles. The van der Waals surface area contributed by atoms with Crippen molar-refractivity contribution in [3.63, 3.8) is 0 Å². The van der Waals surface area contributed by atoms with E-state index >= 15 is 0 Å². The van der Waals surface area contributed by atoms with Crippen LogP contribution in [0.2, 0.25) is 0 Å². The van der Waals surface area contributed by atoms with Crippen LogP contribution >= 0.6 is 0 Å². The molecular weight excluding hydrogens is 374 g/mol. The van der Waals surface area contributed by atoms with Gasteiger partial charge in [-0.15, -0.1) is 0 Å². The van der Waals surface area contributed by atoms with E-state index in [1.807, 2.05) is 91.9 Å². The van der Waals surface area contributed by atoms with Gasteiger partial charge in [-0.05, 0) is 36.3 Å². The van der Waals surface area contributed by atoms with Crippen LogP contribution in [0.3, 0.4) is 0 Å². The van der Waals surface area contributed by atoms with Crippen LogP contribution in [0.1, 0.15) is 22.7 Å². The molecule has 3 aromatic rings. The molecule has 0 spiro atoms. The second-order valence-corrected chi connectivity index (χ2v) is 7.19. The van der Waals surface area contributed by atoms with Gasteiger partial charge in [0.15, 0.2) is 11.5 Å². The Morgan fingerprint density at radius 1 is 0.900 bits per heavy atom. The fraction of sp³-hybridized carbons (Fsp3) is 0.0769. The van der Waals surface area contributed by atoms with Crippen molar-refractivity contribution in [3.05, 3.63) is 119 Å². The van der Waals surface area contributed by atoms with Crippen molar-refractivity contribution in [2.75, 3.05) is 4.90 Å². The molecule has 1 N–H and O–H groups in total. The van der Waals surface area contributed by atoms with Gasteiger partial charge in [-0.2, -0.15) is 0 Å². The van der Waals surface area contributed by atoms with E-state index < -0.39 is 23.5 Å². The number of carbonyl (C=O) groups excluding carboxylic acids is 2. The second-order valence-electron chi connectivity index (χ2n) is 7.19. The Labute approximate surface area is 175 Å². The minimum Gasteiger partial charge on any atom is -0.503 e. The SMILES string of the molecule is Cc1ccc(N2C(=O)C(O)=C(C(=O)/C=C\c3ccccc3)[C@H]2c2ccccc2)cc1. The van der Waals surface area contributed by atoms with E-state index in [1.54, 1.807) is 6.08 Å². The molecule has 0 radical (unpaired) electrons. The number of aliphatic hydroxyl groups excluding tert-OH is 1. The number of ketones is 1. The highest BCUT2D eigenvalue weighted by Crippen LogP contribution is 2.41. The number of hydrogen-bond acceptors (Lipinski definition) is 3. The van der Waals surface area contributed by atoms with Crippen molar-refractivity contribution in [2.24, 2.45) is 0 Å². The van der Waals surface area contributed by atoms with Crippen molar-refractivity contribution in [1.82, 2.24) is 0 Å². The lowest BCUT2D eigenvalue weighted by molar-refractivity contribution is -0.117. The standard InChI is InChI=1S/C26H21NO3/c1-18-12-15-21(16-13-18)27-24(20-10-6-3-7-11-20)23(25(29)26(27)30)22(28)17-14-19-8-4-2-5-9-19/h2-17,24,29H,1H3/b17-14-/t24-/m1/s1. The van der Waals surface area contributed by atoms with Crippen molar-refractivity contribution in [3.8, 4) is 0 Å². The summed E-state index contributed by atoms with van der Waals surface area (Å²) in [5.41, 5.74) is 3.38. The predicted molar refractivity (Wildman–Crippen MR) is 118 cm³/mol. The number of anilines is 1. The minimum atomic E-state index is -0.700. The summed E-state index contributed by atoms with van der Waals surface area (Å²) in [6, 6.07) is 25.4. The third-order valence-corrected chi connectivity index (χ3v) is 5.13. The Bertz CT molecular complexity index is 1130. The van der Waals surface area contributed by atoms with Crippen LogP contribution in [-0.4, -0.2) is 16.8 Å². The molecule has 1 amide bonds. The average Bonchev–Trinajstić information content (AvgIpc) is 3.05. The molecule has 148 valence electrons. The topological polar surface area (TPSA) is 57.6 Å². The smallest absolute Gasteiger partial charge is 0.294 e. The van der Waals surface area contributed by atoms with Gasteiger partial charge in [0.2, 0.25) is 0 Å². The first-order valence-corrected chi connectivity index (χ1v) is 9.72. The van der Waals surface area contributed by atoms with Crippen LogP contribution < -0.4 is 4.90 Å². The lowest BCUT2D eigenvalue weighted by Crippen LogP contribution is -2.30. The Hall–Kier alpha value is -3.92. The number of aryl methyl sites for hydroxylation is 1. The van der Waals surface area contributed by atoms with Gasteiger partial charge in [0.25, 0.3) is 5.91 Å². The van der Waals surface area contributed by atoms with Crippen LogP contribution in [-0.2, 0) is 9.59 Å². The van der Waals surface area contributed by atoms with Crippen LogP contribution in [0.15, 0.2) is 102 Å². The van der Waals surface area contributed by atoms with Gasteiger partial charge < -0.3 is 5.11 Å². The summed E-state index contributed by atoms with van der Waals surface area (Å²) in [5, 5.41) is 10.7. The molecule has 4 heteroatoms. The van der Waals surface area contributed by atoms with Gasteiger partial charge in [0.05, 0.1) is 11.6 Å². The van der Waals surface area contributed by atoms with Crippen LogP contribution in [0, 0.1) is 6.92 Å². The number of carbonyl (C=O) groups is 2. The normalized spacial score (nSPS) is 16.5. The van der Waals surface area contributed by atoms with Gasteiger partial charge in [0, 0.05) is 5.69 Å². The maximum atomic E-state index is 13.1. The highest BCUT2D eigenvalue weighted by molar-refractivity contribution is 6.19. The first-order valence-electron chi connectivity index (χ1n) is 9.72. The summed E-state index contributed by atoms with van der Waals surface area (Å²) < 4.78 is 0. The molecule has 4 rings (SSSR count). The van der Waals surface area contributed by atoms with Crippen molar-refractivity contribution in [1.29, 1.82) is 0 Å². The second kappa shape index (κ2) is 8.21. The Kier molecular flexibility index (Phi) is 5.31. The molecule has 0 unspecified atom stereocenters. The van der Waals surface area contributed by atoms with Crippen molar-refractivity contribution in [2.45, 2.75) is 13.0 Å². The van der Waals surface area contributed by atoms with E-state index in [-0.39, 0.29) is 5.57 Å². The molecule has 30 heavy (non-hydrogen) atoms. The fourth-order valence-electron chi connectivity index (χ4n) is 3.61. The van der Waals surface area contributed by atoms with Crippen LogP contribution in [0.4, 0.5) is 5.69 Å². The van der Waals surface area contributed by atoms with E-state index in [9.17, 15) is 14.7 Å². The molecule has 1 atom stereocenters. The van der Waals surface area contributed by atoms with Gasteiger partial charge in [-0.25, -0.2) is 0 Å². The Morgan fingerprint density at radius 3 is 2.13 bits per heavy atom. The van der Waals surface area contributed by atoms with Crippen molar-refractivity contribution >= 4 is 23.5 Å².